The van der Waals surface area contributed by atoms with Crippen molar-refractivity contribution in [3.05, 3.63) is 37.9 Å². The maximum Gasteiger partial charge on any atom is 0.372 e. The van der Waals surface area contributed by atoms with Crippen molar-refractivity contribution in [1.29, 1.82) is 0 Å². The van der Waals surface area contributed by atoms with E-state index in [9.17, 15) is 19.7 Å². The van der Waals surface area contributed by atoms with Gasteiger partial charge in [0, 0.05) is 63.9 Å². The number of carboxylic acids is 1. The average Bonchev–Trinajstić information content (AvgIpc) is 2.22. The third-order valence-corrected chi connectivity index (χ3v) is 2.66. The van der Waals surface area contributed by atoms with Gasteiger partial charge in [0.1, 0.15) is 5.02 Å². The van der Waals surface area contributed by atoms with Gasteiger partial charge in [-0.05, 0) is 11.6 Å². The van der Waals surface area contributed by atoms with E-state index in [0.717, 1.165) is 6.07 Å². The number of ketones is 1. The van der Waals surface area contributed by atoms with Gasteiger partial charge in [-0.2, -0.15) is 0 Å². The summed E-state index contributed by atoms with van der Waals surface area (Å²) in [5.41, 5.74) is -0.342. The zero-order chi connectivity index (χ0) is 13.2. The summed E-state index contributed by atoms with van der Waals surface area (Å²) in [5, 5.41) is 18.7. The van der Waals surface area contributed by atoms with Crippen LogP contribution >= 0.6 is 23.2 Å². The van der Waals surface area contributed by atoms with E-state index in [1.165, 1.54) is 6.07 Å². The predicted molar refractivity (Wildman–Crippen MR) is 65.2 cm³/mol. The molecule has 0 unspecified atom stereocenters. The molecule has 0 saturated carbocycles. The first-order valence-corrected chi connectivity index (χ1v) is 4.97. The SMILES string of the molecule is O=C(O)C(=O)Cc1cc(Cl)c(Cl)c([N+](=O)[O-])c1.[K]. The maximum absolute atomic E-state index is 10.9. The fourth-order valence-electron chi connectivity index (χ4n) is 1.13. The minimum Gasteiger partial charge on any atom is -0.475 e. The molecular weight excluding hydrogens is 312 g/mol. The van der Waals surface area contributed by atoms with Crippen LogP contribution in [0, 0.1) is 10.1 Å². The second-order valence-electron chi connectivity index (χ2n) is 3.07. The molecule has 1 rings (SSSR count). The van der Waals surface area contributed by atoms with E-state index in [1.54, 1.807) is 0 Å². The number of aliphatic carboxylic acids is 1. The molecule has 1 N–H and O–H groups in total. The smallest absolute Gasteiger partial charge is 0.372 e. The normalized spacial score (nSPS) is 9.44. The van der Waals surface area contributed by atoms with Crippen LogP contribution in [0.25, 0.3) is 0 Å². The Kier molecular flexibility index (Phi) is 7.53. The number of halogens is 2. The molecule has 6 nitrogen and oxygen atoms in total. The summed E-state index contributed by atoms with van der Waals surface area (Å²) in [6.07, 6.45) is -0.479. The molecule has 0 aromatic heterocycles. The molecule has 0 heterocycles. The van der Waals surface area contributed by atoms with Crippen LogP contribution < -0.4 is 0 Å². The zero-order valence-corrected chi connectivity index (χ0v) is 13.8. The van der Waals surface area contributed by atoms with Gasteiger partial charge >= 0.3 is 5.97 Å². The molecule has 0 bridgehead atoms. The Bertz CT molecular complexity index is 520. The van der Waals surface area contributed by atoms with E-state index in [1.807, 2.05) is 0 Å². The van der Waals surface area contributed by atoms with Crippen LogP contribution in [0.5, 0.6) is 0 Å². The maximum atomic E-state index is 10.9. The molecule has 1 aromatic carbocycles. The fraction of sp³-hybridized carbons (Fsp3) is 0.111. The number of benzene rings is 1. The van der Waals surface area contributed by atoms with Gasteiger partial charge in [0.05, 0.1) is 9.95 Å². The first-order valence-electron chi connectivity index (χ1n) is 4.21. The van der Waals surface area contributed by atoms with E-state index in [4.69, 9.17) is 28.3 Å². The minimum absolute atomic E-state index is 0. The molecule has 0 aliphatic rings. The number of rotatable bonds is 4. The molecule has 1 aromatic rings. The molecule has 0 atom stereocenters. The molecular formula is C9H5Cl2KNO5. The summed E-state index contributed by atoms with van der Waals surface area (Å²) >= 11 is 11.2. The monoisotopic (exact) mass is 316 g/mol. The van der Waals surface area contributed by atoms with Crippen LogP contribution in [0.2, 0.25) is 10.0 Å². The average molecular weight is 317 g/mol. The van der Waals surface area contributed by atoms with Crippen molar-refractivity contribution >= 4 is 92.0 Å². The van der Waals surface area contributed by atoms with Crippen molar-refractivity contribution in [2.75, 3.05) is 0 Å². The van der Waals surface area contributed by atoms with Gasteiger partial charge in [-0.3, -0.25) is 14.9 Å². The number of nitro groups is 1. The Morgan fingerprint density at radius 2 is 1.89 bits per heavy atom. The first-order chi connectivity index (χ1) is 7.82. The van der Waals surface area contributed by atoms with Crippen molar-refractivity contribution in [3.8, 4) is 0 Å². The largest absolute Gasteiger partial charge is 0.475 e. The summed E-state index contributed by atoms with van der Waals surface area (Å²) in [4.78, 5) is 31.1. The zero-order valence-electron chi connectivity index (χ0n) is 9.15. The summed E-state index contributed by atoms with van der Waals surface area (Å²) in [7, 11) is 0. The van der Waals surface area contributed by atoms with Crippen LogP contribution in [0.4, 0.5) is 5.69 Å². The molecule has 0 aliphatic carbocycles. The second-order valence-corrected chi connectivity index (χ2v) is 3.86. The number of carbonyl (C=O) groups excluding carboxylic acids is 1. The molecule has 0 amide bonds. The Labute approximate surface area is 154 Å². The summed E-state index contributed by atoms with van der Waals surface area (Å²) < 4.78 is 0. The third kappa shape index (κ3) is 4.58. The van der Waals surface area contributed by atoms with Crippen LogP contribution in [-0.2, 0) is 16.0 Å². The summed E-state index contributed by atoms with van der Waals surface area (Å²) in [6, 6.07) is 2.24. The van der Waals surface area contributed by atoms with Crippen LogP contribution in [-0.4, -0.2) is 73.2 Å². The minimum atomic E-state index is -1.61. The van der Waals surface area contributed by atoms with Crippen LogP contribution in [0.1, 0.15) is 5.56 Å². The Hall–Kier alpha value is -0.0236. The van der Waals surface area contributed by atoms with E-state index >= 15 is 0 Å². The Morgan fingerprint density at radius 1 is 1.33 bits per heavy atom. The quantitative estimate of drug-likeness (QED) is 0.395. The number of hydrogen-bond donors (Lipinski definition) is 1. The molecule has 0 aliphatic heterocycles. The standard InChI is InChI=1S/C9H5Cl2NO5.K/c10-5-1-4(3-7(13)9(14)15)2-6(8(5)11)12(16)17;/h1-2H,3H2,(H,14,15);. The molecule has 91 valence electrons. The van der Waals surface area contributed by atoms with E-state index < -0.39 is 28.8 Å². The molecule has 0 saturated heterocycles. The van der Waals surface area contributed by atoms with Gasteiger partial charge in [0.2, 0.25) is 5.78 Å². The summed E-state index contributed by atoms with van der Waals surface area (Å²) in [5.74, 6) is -2.70. The number of hydrogen-bond acceptors (Lipinski definition) is 4. The van der Waals surface area contributed by atoms with E-state index in [2.05, 4.69) is 0 Å². The van der Waals surface area contributed by atoms with E-state index in [0.29, 0.717) is 0 Å². The predicted octanol–water partition coefficient (Wildman–Crippen LogP) is 1.72. The number of carbonyl (C=O) groups is 2. The van der Waals surface area contributed by atoms with Crippen molar-refractivity contribution in [2.24, 2.45) is 0 Å². The van der Waals surface area contributed by atoms with Crippen molar-refractivity contribution in [1.82, 2.24) is 0 Å². The molecule has 1 radical (unpaired) electrons. The number of nitro benzene ring substituents is 1. The molecule has 0 fully saturated rings. The van der Waals surface area contributed by atoms with Gasteiger partial charge < -0.3 is 5.11 Å². The van der Waals surface area contributed by atoms with Crippen LogP contribution in [0.3, 0.4) is 0 Å². The van der Waals surface area contributed by atoms with Crippen molar-refractivity contribution < 1.29 is 19.6 Å². The second kappa shape index (κ2) is 7.54. The van der Waals surface area contributed by atoms with Gasteiger partial charge in [-0.15, -0.1) is 0 Å². The molecule has 9 heteroatoms. The Balaban J connectivity index is 0.00000289. The van der Waals surface area contributed by atoms with Crippen molar-refractivity contribution in [3.63, 3.8) is 0 Å². The Morgan fingerprint density at radius 3 is 2.33 bits per heavy atom. The number of carboxylic acid groups (broad SMARTS) is 1. The van der Waals surface area contributed by atoms with Crippen LogP contribution in [0.15, 0.2) is 12.1 Å². The molecule has 0 spiro atoms. The molecule has 18 heavy (non-hydrogen) atoms. The third-order valence-electron chi connectivity index (χ3n) is 1.87. The van der Waals surface area contributed by atoms with Gasteiger partial charge in [-0.25, -0.2) is 4.79 Å². The van der Waals surface area contributed by atoms with Gasteiger partial charge in [0.15, 0.2) is 0 Å². The van der Waals surface area contributed by atoms with Gasteiger partial charge in [0.25, 0.3) is 5.69 Å². The first kappa shape index (κ1) is 18.0. The van der Waals surface area contributed by atoms with Gasteiger partial charge in [-0.1, -0.05) is 23.2 Å². The fourth-order valence-corrected chi connectivity index (χ4v) is 1.54. The van der Waals surface area contributed by atoms with E-state index in [-0.39, 0.29) is 67.0 Å². The number of nitrogens with zero attached hydrogens (tertiary/aromatic N) is 1. The summed E-state index contributed by atoms with van der Waals surface area (Å²) in [6.45, 7) is 0. The topological polar surface area (TPSA) is 97.5 Å². The number of Topliss-reactive ketones (excluding diaryl/α,β-unsaturated/α-hetero) is 1. The van der Waals surface area contributed by atoms with Crippen molar-refractivity contribution in [2.45, 2.75) is 6.42 Å².